The minimum atomic E-state index is -0.461. The van der Waals surface area contributed by atoms with Gasteiger partial charge in [0.1, 0.15) is 0 Å². The van der Waals surface area contributed by atoms with E-state index in [1.165, 1.54) is 9.80 Å². The number of amidine groups is 1. The van der Waals surface area contributed by atoms with Crippen LogP contribution in [0.15, 0.2) is 4.99 Å². The van der Waals surface area contributed by atoms with Crippen LogP contribution >= 0.6 is 0 Å². The topological polar surface area (TPSA) is 59.2 Å². The molecule has 0 saturated carbocycles. The van der Waals surface area contributed by atoms with Crippen molar-refractivity contribution in [1.82, 2.24) is 14.7 Å². The van der Waals surface area contributed by atoms with Crippen molar-refractivity contribution in [3.8, 4) is 0 Å². The van der Waals surface area contributed by atoms with E-state index in [-0.39, 0.29) is 11.9 Å². The van der Waals surface area contributed by atoms with Gasteiger partial charge in [0.15, 0.2) is 0 Å². The molecule has 126 valence electrons. The van der Waals surface area contributed by atoms with Gasteiger partial charge in [-0.05, 0) is 25.2 Å². The lowest BCUT2D eigenvalue weighted by atomic mass is 10.0. The summed E-state index contributed by atoms with van der Waals surface area (Å²) in [5.74, 6) is 1.99. The number of rotatable bonds is 2. The molecule has 1 unspecified atom stereocenters. The number of guanidine groups is 1. The highest BCUT2D eigenvalue weighted by Crippen LogP contribution is 2.24. The minimum absolute atomic E-state index is 0.180. The highest BCUT2D eigenvalue weighted by molar-refractivity contribution is 6.25. The Balaban J connectivity index is 2.01. The molecule has 0 spiro atoms. The van der Waals surface area contributed by atoms with Crippen molar-refractivity contribution in [2.45, 2.75) is 39.2 Å². The molecule has 3 aliphatic heterocycles. The van der Waals surface area contributed by atoms with E-state index in [2.05, 4.69) is 23.3 Å². The zero-order valence-electron chi connectivity index (χ0n) is 14.4. The Morgan fingerprint density at radius 1 is 1.17 bits per heavy atom. The van der Waals surface area contributed by atoms with Crippen LogP contribution in [0.5, 0.6) is 0 Å². The summed E-state index contributed by atoms with van der Waals surface area (Å²) in [5, 5.41) is 0. The third-order valence-corrected chi connectivity index (χ3v) is 5.04. The van der Waals surface area contributed by atoms with Gasteiger partial charge in [0.05, 0.1) is 19.6 Å². The normalized spacial score (nSPS) is 28.5. The maximum atomic E-state index is 12.7. The Morgan fingerprint density at radius 3 is 2.43 bits per heavy atom. The van der Waals surface area contributed by atoms with Gasteiger partial charge < -0.3 is 0 Å². The smallest absolute Gasteiger partial charge is 0.270 e. The van der Waals surface area contributed by atoms with Gasteiger partial charge in [0.2, 0.25) is 11.9 Å². The molecule has 3 amide bonds. The molecular weight excluding hydrogens is 294 g/mol. The number of likely N-dealkylation sites (N-methyl/N-ethyl adjacent to an activating group) is 2. The summed E-state index contributed by atoms with van der Waals surface area (Å²) < 4.78 is 2.27. The van der Waals surface area contributed by atoms with E-state index in [0.717, 1.165) is 50.8 Å². The lowest BCUT2D eigenvalue weighted by Crippen LogP contribution is -2.63. The van der Waals surface area contributed by atoms with Gasteiger partial charge in [-0.25, -0.2) is 9.69 Å². The fraction of sp³-hybridized carbons (Fsp3) is 0.750. The largest absolute Gasteiger partial charge is 0.392 e. The van der Waals surface area contributed by atoms with Gasteiger partial charge in [-0.2, -0.15) is 0 Å². The Morgan fingerprint density at radius 2 is 1.83 bits per heavy atom. The second kappa shape index (κ2) is 5.94. The van der Waals surface area contributed by atoms with Gasteiger partial charge >= 0.3 is 12.0 Å². The average molecular weight is 320 g/mol. The molecule has 7 nitrogen and oxygen atoms in total. The summed E-state index contributed by atoms with van der Waals surface area (Å²) in [6.07, 6.45) is 3.21. The maximum absolute atomic E-state index is 12.7. The first kappa shape index (κ1) is 16.0. The maximum Gasteiger partial charge on any atom is 0.392 e. The summed E-state index contributed by atoms with van der Waals surface area (Å²) in [6.45, 7) is 7.06. The lowest BCUT2D eigenvalue weighted by Gasteiger charge is -2.33. The van der Waals surface area contributed by atoms with Crippen LogP contribution in [-0.2, 0) is 4.79 Å². The standard InChI is InChI=1S/C16H26N5O2/c1-5-8-21-12-13(18(3)16(23)19(4)14(12)22)17-15(21)20-9-6-11(2)7-10-20/h11-12H,5-10H2,1-4H3/q+1. The van der Waals surface area contributed by atoms with Crippen molar-refractivity contribution in [2.24, 2.45) is 10.9 Å². The fourth-order valence-electron chi connectivity index (χ4n) is 3.52. The van der Waals surface area contributed by atoms with E-state index in [4.69, 9.17) is 4.99 Å². The Hall–Kier alpha value is -1.92. The van der Waals surface area contributed by atoms with E-state index in [9.17, 15) is 9.59 Å². The van der Waals surface area contributed by atoms with Crippen LogP contribution in [0.3, 0.4) is 0 Å². The highest BCUT2D eigenvalue weighted by atomic mass is 16.2. The molecule has 0 radical (unpaired) electrons. The number of amides is 3. The molecule has 0 bridgehead atoms. The number of aliphatic imine (C=N–C) groups is 1. The quantitative estimate of drug-likeness (QED) is 0.707. The van der Waals surface area contributed by atoms with Gasteiger partial charge in [-0.15, -0.1) is 0 Å². The first-order chi connectivity index (χ1) is 11.0. The van der Waals surface area contributed by atoms with Crippen molar-refractivity contribution in [2.75, 3.05) is 33.7 Å². The molecular formula is C16H26N5O2+. The van der Waals surface area contributed by atoms with Crippen LogP contribution in [0.1, 0.15) is 33.1 Å². The van der Waals surface area contributed by atoms with Crippen LogP contribution in [0.2, 0.25) is 0 Å². The van der Waals surface area contributed by atoms with Crippen molar-refractivity contribution in [3.63, 3.8) is 0 Å². The number of nitrogens with zero attached hydrogens (tertiary/aromatic N) is 5. The summed E-state index contributed by atoms with van der Waals surface area (Å²) in [6, 6.07) is -0.771. The number of carbonyl (C=O) groups is 2. The van der Waals surface area contributed by atoms with Crippen molar-refractivity contribution < 1.29 is 14.2 Å². The highest BCUT2D eigenvalue weighted by Gasteiger charge is 2.54. The zero-order chi connectivity index (χ0) is 16.7. The molecule has 0 aliphatic carbocycles. The van der Waals surface area contributed by atoms with E-state index in [0.29, 0.717) is 5.84 Å². The molecule has 3 rings (SSSR count). The van der Waals surface area contributed by atoms with Crippen LogP contribution in [0.25, 0.3) is 0 Å². The molecule has 7 heteroatoms. The third kappa shape index (κ3) is 2.52. The molecule has 23 heavy (non-hydrogen) atoms. The molecule has 1 atom stereocenters. The van der Waals surface area contributed by atoms with Crippen molar-refractivity contribution >= 4 is 23.7 Å². The van der Waals surface area contributed by atoms with Gasteiger partial charge in [-0.3, -0.25) is 19.2 Å². The summed E-state index contributed by atoms with van der Waals surface area (Å²) in [7, 11) is 3.24. The molecule has 2 saturated heterocycles. The molecule has 0 aromatic carbocycles. The van der Waals surface area contributed by atoms with E-state index < -0.39 is 6.04 Å². The summed E-state index contributed by atoms with van der Waals surface area (Å²) in [5.41, 5.74) is 0. The predicted molar refractivity (Wildman–Crippen MR) is 87.5 cm³/mol. The van der Waals surface area contributed by atoms with Gasteiger partial charge in [0.25, 0.3) is 5.91 Å². The Kier molecular flexibility index (Phi) is 4.12. The molecule has 3 aliphatic rings. The first-order valence-electron chi connectivity index (χ1n) is 8.48. The predicted octanol–water partition coefficient (Wildman–Crippen LogP) is 0.801. The average Bonchev–Trinajstić information content (AvgIpc) is 2.91. The lowest BCUT2D eigenvalue weighted by molar-refractivity contribution is -0.545. The number of carbonyl (C=O) groups excluding carboxylic acids is 2. The number of imide groups is 1. The Labute approximate surface area is 137 Å². The molecule has 0 aromatic heterocycles. The van der Waals surface area contributed by atoms with Gasteiger partial charge in [-0.1, -0.05) is 18.8 Å². The zero-order valence-corrected chi connectivity index (χ0v) is 14.4. The Bertz CT molecular complexity index is 587. The monoisotopic (exact) mass is 320 g/mol. The number of hydrogen-bond acceptors (Lipinski definition) is 2. The fourth-order valence-corrected chi connectivity index (χ4v) is 3.52. The molecule has 2 fully saturated rings. The molecule has 0 N–H and O–H groups in total. The first-order valence-corrected chi connectivity index (χ1v) is 8.48. The van der Waals surface area contributed by atoms with Crippen molar-refractivity contribution in [3.05, 3.63) is 0 Å². The second-order valence-corrected chi connectivity index (χ2v) is 6.77. The number of fused-ring (bicyclic) bond motifs is 1. The van der Waals surface area contributed by atoms with Gasteiger partial charge in [0, 0.05) is 14.1 Å². The van der Waals surface area contributed by atoms with E-state index in [1.54, 1.807) is 14.1 Å². The summed E-state index contributed by atoms with van der Waals surface area (Å²) in [4.78, 5) is 34.3. The molecule has 3 heterocycles. The minimum Gasteiger partial charge on any atom is -0.270 e. The van der Waals surface area contributed by atoms with E-state index in [1.807, 2.05) is 0 Å². The third-order valence-electron chi connectivity index (χ3n) is 5.04. The van der Waals surface area contributed by atoms with Crippen LogP contribution < -0.4 is 0 Å². The number of urea groups is 1. The molecule has 0 aromatic rings. The number of hydrogen-bond donors (Lipinski definition) is 0. The van der Waals surface area contributed by atoms with Crippen LogP contribution in [-0.4, -0.2) is 82.8 Å². The second-order valence-electron chi connectivity index (χ2n) is 6.77. The van der Waals surface area contributed by atoms with Crippen molar-refractivity contribution in [1.29, 1.82) is 0 Å². The summed E-state index contributed by atoms with van der Waals surface area (Å²) >= 11 is 0. The van der Waals surface area contributed by atoms with Crippen LogP contribution in [0.4, 0.5) is 4.79 Å². The SMILES string of the molecule is CCCN1C(=[N+]2CCC(C)CC2)N=C2C1C(=O)N(C)C(=O)N2C. The van der Waals surface area contributed by atoms with Crippen LogP contribution in [0, 0.1) is 5.92 Å². The number of piperidine rings is 1. The van der Waals surface area contributed by atoms with E-state index >= 15 is 0 Å².